The second-order valence-electron chi connectivity index (χ2n) is 6.27. The van der Waals surface area contributed by atoms with E-state index in [2.05, 4.69) is 10.3 Å². The van der Waals surface area contributed by atoms with Crippen molar-refractivity contribution in [1.82, 2.24) is 9.88 Å². The van der Waals surface area contributed by atoms with Gasteiger partial charge >= 0.3 is 6.18 Å². The molecule has 0 saturated carbocycles. The van der Waals surface area contributed by atoms with Gasteiger partial charge in [-0.3, -0.25) is 14.6 Å². The second-order valence-corrected chi connectivity index (χ2v) is 6.70. The Balaban J connectivity index is 1.92. The number of hydrogen-bond donors (Lipinski definition) is 1. The Morgan fingerprint density at radius 3 is 2.74 bits per heavy atom. The predicted molar refractivity (Wildman–Crippen MR) is 93.2 cm³/mol. The number of likely N-dealkylation sites (tertiary alicyclic amines) is 1. The third-order valence-electron chi connectivity index (χ3n) is 4.46. The van der Waals surface area contributed by atoms with Crippen molar-refractivity contribution in [3.05, 3.63) is 58.9 Å². The highest BCUT2D eigenvalue weighted by molar-refractivity contribution is 6.30. The van der Waals surface area contributed by atoms with Gasteiger partial charge in [0, 0.05) is 30.7 Å². The van der Waals surface area contributed by atoms with E-state index < -0.39 is 41.1 Å². The number of carbonyl (C=O) groups excluding carboxylic acids is 2. The minimum atomic E-state index is -4.66. The summed E-state index contributed by atoms with van der Waals surface area (Å²) in [6.45, 7) is 0.260. The number of halogens is 4. The normalized spacial score (nSPS) is 20.0. The maximum atomic E-state index is 13.1. The van der Waals surface area contributed by atoms with Crippen LogP contribution in [0.4, 0.5) is 18.9 Å². The van der Waals surface area contributed by atoms with Gasteiger partial charge in [0.05, 0.1) is 17.4 Å². The van der Waals surface area contributed by atoms with Crippen molar-refractivity contribution in [1.29, 1.82) is 0 Å². The highest BCUT2D eigenvalue weighted by Crippen LogP contribution is 2.37. The molecule has 0 unspecified atom stereocenters. The van der Waals surface area contributed by atoms with Crippen molar-refractivity contribution in [3.63, 3.8) is 0 Å². The van der Waals surface area contributed by atoms with Crippen LogP contribution in [0, 0.1) is 5.92 Å². The molecule has 1 saturated heterocycles. The van der Waals surface area contributed by atoms with Crippen LogP contribution < -0.4 is 5.32 Å². The van der Waals surface area contributed by atoms with E-state index in [-0.39, 0.29) is 6.54 Å². The van der Waals surface area contributed by atoms with Crippen molar-refractivity contribution in [2.45, 2.75) is 12.1 Å². The molecule has 27 heavy (non-hydrogen) atoms. The number of anilines is 1. The molecule has 9 heteroatoms. The molecule has 0 spiro atoms. The number of nitrogens with one attached hydrogen (secondary N) is 1. The average molecular weight is 398 g/mol. The molecule has 2 atom stereocenters. The molecule has 3 rings (SSSR count). The van der Waals surface area contributed by atoms with Crippen LogP contribution in [0.15, 0.2) is 42.7 Å². The van der Waals surface area contributed by atoms with Gasteiger partial charge in [0.1, 0.15) is 5.92 Å². The molecule has 142 valence electrons. The summed E-state index contributed by atoms with van der Waals surface area (Å²) in [5.41, 5.74) is -0.839. The maximum absolute atomic E-state index is 13.1. The summed E-state index contributed by atoms with van der Waals surface area (Å²) in [5, 5.41) is 2.67. The lowest BCUT2D eigenvalue weighted by atomic mass is 9.88. The topological polar surface area (TPSA) is 62.3 Å². The summed E-state index contributed by atoms with van der Waals surface area (Å²) < 4.78 is 39.4. The Kier molecular flexibility index (Phi) is 5.10. The van der Waals surface area contributed by atoms with Crippen LogP contribution in [0.5, 0.6) is 0 Å². The third-order valence-corrected chi connectivity index (χ3v) is 4.69. The van der Waals surface area contributed by atoms with Crippen LogP contribution in [0.25, 0.3) is 0 Å². The largest absolute Gasteiger partial charge is 0.418 e. The Hall–Kier alpha value is -2.61. The van der Waals surface area contributed by atoms with Crippen LogP contribution in [-0.2, 0) is 15.8 Å². The number of pyridine rings is 1. The molecular formula is C18H15ClF3N3O2. The lowest BCUT2D eigenvalue weighted by Crippen LogP contribution is -2.33. The number of alkyl halides is 3. The molecule has 1 fully saturated rings. The first-order chi connectivity index (χ1) is 12.7. The second kappa shape index (κ2) is 7.19. The SMILES string of the molecule is CN1C[C@H](c2cccc(Cl)c2)[C@@H](C(=O)Nc2cnccc2C(F)(F)F)C1=O. The summed E-state index contributed by atoms with van der Waals surface area (Å²) >= 11 is 5.99. The fraction of sp³-hybridized carbons (Fsp3) is 0.278. The minimum Gasteiger partial charge on any atom is -0.344 e. The zero-order chi connectivity index (χ0) is 19.8. The van der Waals surface area contributed by atoms with E-state index in [1.54, 1.807) is 31.3 Å². The van der Waals surface area contributed by atoms with Crippen molar-refractivity contribution in [2.24, 2.45) is 5.92 Å². The number of hydrogen-bond acceptors (Lipinski definition) is 3. The zero-order valence-corrected chi connectivity index (χ0v) is 14.9. The summed E-state index contributed by atoms with van der Waals surface area (Å²) in [4.78, 5) is 30.2. The molecule has 0 aliphatic carbocycles. The van der Waals surface area contributed by atoms with Crippen LogP contribution in [-0.4, -0.2) is 35.3 Å². The monoisotopic (exact) mass is 397 g/mol. The first-order valence-electron chi connectivity index (χ1n) is 8.01. The average Bonchev–Trinajstić information content (AvgIpc) is 2.90. The molecule has 1 aliphatic rings. The molecule has 0 radical (unpaired) electrons. The number of rotatable bonds is 3. The molecule has 1 N–H and O–H groups in total. The number of benzene rings is 1. The summed E-state index contributed by atoms with van der Waals surface area (Å²) in [6.07, 6.45) is -2.76. The molecule has 5 nitrogen and oxygen atoms in total. The van der Waals surface area contributed by atoms with Gasteiger partial charge in [-0.15, -0.1) is 0 Å². The van der Waals surface area contributed by atoms with Gasteiger partial charge in [-0.1, -0.05) is 23.7 Å². The fourth-order valence-corrected chi connectivity index (χ4v) is 3.38. The maximum Gasteiger partial charge on any atom is 0.418 e. The summed E-state index contributed by atoms with van der Waals surface area (Å²) in [6, 6.07) is 7.50. The Morgan fingerprint density at radius 2 is 2.07 bits per heavy atom. The molecule has 0 bridgehead atoms. The van der Waals surface area contributed by atoms with E-state index in [1.807, 2.05) is 0 Å². The number of carbonyl (C=O) groups is 2. The van der Waals surface area contributed by atoms with E-state index in [1.165, 1.54) is 4.90 Å². The van der Waals surface area contributed by atoms with Crippen molar-refractivity contribution in [2.75, 3.05) is 18.9 Å². The number of nitrogens with zero attached hydrogens (tertiary/aromatic N) is 2. The van der Waals surface area contributed by atoms with E-state index >= 15 is 0 Å². The van der Waals surface area contributed by atoms with Gasteiger partial charge in [0.15, 0.2) is 0 Å². The highest BCUT2D eigenvalue weighted by Gasteiger charge is 2.45. The molecule has 2 aromatic rings. The van der Waals surface area contributed by atoms with Gasteiger partial charge in [-0.2, -0.15) is 13.2 Å². The molecule has 1 aliphatic heterocycles. The van der Waals surface area contributed by atoms with Crippen LogP contribution in [0.2, 0.25) is 5.02 Å². The number of likely N-dealkylation sites (N-methyl/N-ethyl adjacent to an activating group) is 1. The predicted octanol–water partition coefficient (Wildman–Crippen LogP) is 3.56. The lowest BCUT2D eigenvalue weighted by molar-refractivity contribution is -0.137. The first kappa shape index (κ1) is 19.2. The van der Waals surface area contributed by atoms with Gasteiger partial charge in [0.25, 0.3) is 0 Å². The van der Waals surface area contributed by atoms with Crippen molar-refractivity contribution in [3.8, 4) is 0 Å². The number of aromatic nitrogens is 1. The highest BCUT2D eigenvalue weighted by atomic mass is 35.5. The van der Waals surface area contributed by atoms with Crippen LogP contribution in [0.3, 0.4) is 0 Å². The van der Waals surface area contributed by atoms with Crippen molar-refractivity contribution >= 4 is 29.1 Å². The molecular weight excluding hydrogens is 383 g/mol. The Bertz CT molecular complexity index is 888. The van der Waals surface area contributed by atoms with Crippen molar-refractivity contribution < 1.29 is 22.8 Å². The van der Waals surface area contributed by atoms with Gasteiger partial charge in [-0.25, -0.2) is 0 Å². The minimum absolute atomic E-state index is 0.260. The van der Waals surface area contributed by atoms with Gasteiger partial charge in [0.2, 0.25) is 11.8 Å². The van der Waals surface area contributed by atoms with E-state index in [4.69, 9.17) is 11.6 Å². The standard InChI is InChI=1S/C18H15ClF3N3O2/c1-25-9-12(10-3-2-4-11(19)7-10)15(17(25)27)16(26)24-14-8-23-6-5-13(14)18(20,21)22/h2-8,12,15H,9H2,1H3,(H,24,26)/t12-,15+/m1/s1. The Morgan fingerprint density at radius 1 is 1.33 bits per heavy atom. The first-order valence-corrected chi connectivity index (χ1v) is 8.39. The zero-order valence-electron chi connectivity index (χ0n) is 14.1. The van der Waals surface area contributed by atoms with Crippen LogP contribution >= 0.6 is 11.6 Å². The molecule has 2 heterocycles. The smallest absolute Gasteiger partial charge is 0.344 e. The van der Waals surface area contributed by atoms with E-state index in [9.17, 15) is 22.8 Å². The van der Waals surface area contributed by atoms with E-state index in [0.717, 1.165) is 18.5 Å². The quantitative estimate of drug-likeness (QED) is 0.805. The number of amides is 2. The van der Waals surface area contributed by atoms with Crippen LogP contribution in [0.1, 0.15) is 17.0 Å². The molecule has 1 aromatic heterocycles. The van der Waals surface area contributed by atoms with Gasteiger partial charge < -0.3 is 10.2 Å². The summed E-state index contributed by atoms with van der Waals surface area (Å²) in [5.74, 6) is -2.95. The van der Waals surface area contributed by atoms with Gasteiger partial charge in [-0.05, 0) is 23.8 Å². The third kappa shape index (κ3) is 3.90. The molecule has 2 amide bonds. The summed E-state index contributed by atoms with van der Waals surface area (Å²) in [7, 11) is 1.54. The fourth-order valence-electron chi connectivity index (χ4n) is 3.18. The Labute approximate surface area is 158 Å². The van der Waals surface area contributed by atoms with E-state index in [0.29, 0.717) is 10.6 Å². The lowest BCUT2D eigenvalue weighted by Gasteiger charge is -2.19. The molecule has 1 aromatic carbocycles.